The molecular weight excluding hydrogens is 234 g/mol. The van der Waals surface area contributed by atoms with Crippen LogP contribution in [0.3, 0.4) is 0 Å². The zero-order valence-corrected chi connectivity index (χ0v) is 11.7. The summed E-state index contributed by atoms with van der Waals surface area (Å²) in [5, 5.41) is 13.3. The molecule has 0 spiro atoms. The maximum absolute atomic E-state index is 9.68. The molecule has 1 aromatic rings. The fourth-order valence-corrected chi connectivity index (χ4v) is 3.23. The van der Waals surface area contributed by atoms with Crippen LogP contribution in [0.1, 0.15) is 62.0 Å². The molecule has 2 fully saturated rings. The van der Waals surface area contributed by atoms with E-state index in [1.165, 1.54) is 43.2 Å². The van der Waals surface area contributed by atoms with Gasteiger partial charge in [-0.25, -0.2) is 0 Å². The summed E-state index contributed by atoms with van der Waals surface area (Å²) in [7, 11) is 0. The number of rotatable bonds is 5. The van der Waals surface area contributed by atoms with E-state index in [4.69, 9.17) is 0 Å². The second kappa shape index (κ2) is 5.64. The summed E-state index contributed by atoms with van der Waals surface area (Å²) in [6.07, 6.45) is 8.77. The Hall–Kier alpha value is -0.860. The summed E-state index contributed by atoms with van der Waals surface area (Å²) in [6.45, 7) is 1.15. The molecule has 0 atom stereocenters. The first-order valence-corrected chi connectivity index (χ1v) is 7.76. The quantitative estimate of drug-likeness (QED) is 0.850. The van der Waals surface area contributed by atoms with Gasteiger partial charge in [0, 0.05) is 12.1 Å². The molecule has 2 aliphatic carbocycles. The monoisotopic (exact) mass is 259 g/mol. The molecule has 2 saturated carbocycles. The number of nitrogens with one attached hydrogen (secondary N) is 1. The molecule has 1 aromatic carbocycles. The van der Waals surface area contributed by atoms with Crippen LogP contribution in [-0.4, -0.2) is 17.3 Å². The van der Waals surface area contributed by atoms with Gasteiger partial charge < -0.3 is 10.4 Å². The molecule has 0 aliphatic heterocycles. The van der Waals surface area contributed by atoms with Gasteiger partial charge in [0.2, 0.25) is 0 Å². The number of hydrogen-bond donors (Lipinski definition) is 2. The average Bonchev–Trinajstić information content (AvgIpc) is 3.31. The minimum absolute atomic E-state index is 0.0204. The van der Waals surface area contributed by atoms with Crippen molar-refractivity contribution in [2.45, 2.75) is 62.9 Å². The van der Waals surface area contributed by atoms with Gasteiger partial charge in [-0.2, -0.15) is 0 Å². The Labute approximate surface area is 116 Å². The highest BCUT2D eigenvalue weighted by Crippen LogP contribution is 2.39. The molecule has 2 heteroatoms. The Bertz CT molecular complexity index is 402. The van der Waals surface area contributed by atoms with E-state index < -0.39 is 0 Å². The highest BCUT2D eigenvalue weighted by Gasteiger charge is 2.30. The van der Waals surface area contributed by atoms with Crippen LogP contribution >= 0.6 is 0 Å². The van der Waals surface area contributed by atoms with Crippen LogP contribution in [0, 0.1) is 0 Å². The molecule has 0 heterocycles. The summed E-state index contributed by atoms with van der Waals surface area (Å²) in [6, 6.07) is 9.05. The molecule has 0 radical (unpaired) electrons. The molecule has 2 N–H and O–H groups in total. The van der Waals surface area contributed by atoms with Crippen molar-refractivity contribution in [3.63, 3.8) is 0 Å². The predicted molar refractivity (Wildman–Crippen MR) is 78.2 cm³/mol. The van der Waals surface area contributed by atoms with E-state index in [9.17, 15) is 5.11 Å². The lowest BCUT2D eigenvalue weighted by Gasteiger charge is -2.36. The van der Waals surface area contributed by atoms with Crippen molar-refractivity contribution in [2.24, 2.45) is 0 Å². The second-order valence-corrected chi connectivity index (χ2v) is 6.37. The van der Waals surface area contributed by atoms with Gasteiger partial charge in [-0.1, -0.05) is 43.5 Å². The predicted octanol–water partition coefficient (Wildman–Crippen LogP) is 3.35. The third-order valence-electron chi connectivity index (χ3n) is 4.81. The highest BCUT2D eigenvalue weighted by atomic mass is 16.3. The van der Waals surface area contributed by atoms with Crippen molar-refractivity contribution in [1.82, 2.24) is 5.32 Å². The van der Waals surface area contributed by atoms with Gasteiger partial charge in [-0.05, 0) is 42.7 Å². The molecule has 2 nitrogen and oxygen atoms in total. The molecule has 19 heavy (non-hydrogen) atoms. The fraction of sp³-hybridized carbons (Fsp3) is 0.647. The Balaban J connectivity index is 1.57. The van der Waals surface area contributed by atoms with E-state index in [2.05, 4.69) is 29.6 Å². The SMILES string of the molecule is OCC1(NCc2ccc(C3CC3)cc2)CCCCC1. The van der Waals surface area contributed by atoms with Crippen LogP contribution in [0.2, 0.25) is 0 Å². The Kier molecular flexibility index (Phi) is 3.90. The van der Waals surface area contributed by atoms with Crippen molar-refractivity contribution in [3.05, 3.63) is 35.4 Å². The van der Waals surface area contributed by atoms with E-state index >= 15 is 0 Å². The molecule has 3 rings (SSSR count). The van der Waals surface area contributed by atoms with Crippen molar-refractivity contribution < 1.29 is 5.11 Å². The van der Waals surface area contributed by atoms with E-state index in [0.717, 1.165) is 25.3 Å². The number of hydrogen-bond acceptors (Lipinski definition) is 2. The first kappa shape index (κ1) is 13.1. The second-order valence-electron chi connectivity index (χ2n) is 6.37. The third kappa shape index (κ3) is 3.18. The molecule has 0 saturated heterocycles. The zero-order valence-electron chi connectivity index (χ0n) is 11.7. The van der Waals surface area contributed by atoms with E-state index in [0.29, 0.717) is 0 Å². The van der Waals surface area contributed by atoms with Gasteiger partial charge in [0.05, 0.1) is 6.61 Å². The van der Waals surface area contributed by atoms with Crippen LogP contribution in [0.4, 0.5) is 0 Å². The normalized spacial score (nSPS) is 22.4. The van der Waals surface area contributed by atoms with Gasteiger partial charge >= 0.3 is 0 Å². The summed E-state index contributed by atoms with van der Waals surface area (Å²) in [5.41, 5.74) is 2.81. The van der Waals surface area contributed by atoms with Gasteiger partial charge in [0.15, 0.2) is 0 Å². The topological polar surface area (TPSA) is 32.3 Å². The number of aliphatic hydroxyl groups is 1. The van der Waals surface area contributed by atoms with Crippen LogP contribution in [-0.2, 0) is 6.54 Å². The Morgan fingerprint density at radius 1 is 1.05 bits per heavy atom. The van der Waals surface area contributed by atoms with Crippen molar-refractivity contribution >= 4 is 0 Å². The fourth-order valence-electron chi connectivity index (χ4n) is 3.23. The van der Waals surface area contributed by atoms with E-state index in [1.54, 1.807) is 0 Å². The Morgan fingerprint density at radius 3 is 2.32 bits per heavy atom. The largest absolute Gasteiger partial charge is 0.394 e. The lowest BCUT2D eigenvalue weighted by atomic mass is 9.82. The minimum Gasteiger partial charge on any atom is -0.394 e. The van der Waals surface area contributed by atoms with Gasteiger partial charge in [0.1, 0.15) is 0 Å². The van der Waals surface area contributed by atoms with Crippen molar-refractivity contribution in [1.29, 1.82) is 0 Å². The van der Waals surface area contributed by atoms with Crippen LogP contribution in [0.5, 0.6) is 0 Å². The maximum Gasteiger partial charge on any atom is 0.0613 e. The first-order valence-electron chi connectivity index (χ1n) is 7.76. The van der Waals surface area contributed by atoms with Crippen LogP contribution < -0.4 is 5.32 Å². The summed E-state index contributed by atoms with van der Waals surface area (Å²) >= 11 is 0. The molecule has 104 valence electrons. The molecule has 2 aliphatic rings. The Morgan fingerprint density at radius 2 is 1.74 bits per heavy atom. The maximum atomic E-state index is 9.68. The summed E-state index contributed by atoms with van der Waals surface area (Å²) in [4.78, 5) is 0. The zero-order chi connectivity index (χ0) is 13.1. The number of aliphatic hydroxyl groups excluding tert-OH is 1. The van der Waals surface area contributed by atoms with Gasteiger partial charge in [-0.3, -0.25) is 0 Å². The molecule has 0 amide bonds. The molecule has 0 aromatic heterocycles. The molecule has 0 bridgehead atoms. The molecule has 0 unspecified atom stereocenters. The average molecular weight is 259 g/mol. The lowest BCUT2D eigenvalue weighted by molar-refractivity contribution is 0.119. The molecular formula is C17H25NO. The lowest BCUT2D eigenvalue weighted by Crippen LogP contribution is -2.49. The van der Waals surface area contributed by atoms with Crippen molar-refractivity contribution in [3.8, 4) is 0 Å². The first-order chi connectivity index (χ1) is 9.31. The summed E-state index contributed by atoms with van der Waals surface area (Å²) in [5.74, 6) is 0.837. The standard InChI is InChI=1S/C17H25NO/c19-13-17(10-2-1-3-11-17)18-12-14-4-6-15(7-5-14)16-8-9-16/h4-7,16,18-19H,1-3,8-13H2. The smallest absolute Gasteiger partial charge is 0.0613 e. The minimum atomic E-state index is -0.0204. The van der Waals surface area contributed by atoms with Crippen LogP contribution in [0.25, 0.3) is 0 Å². The van der Waals surface area contributed by atoms with Gasteiger partial charge in [0.25, 0.3) is 0 Å². The van der Waals surface area contributed by atoms with Gasteiger partial charge in [-0.15, -0.1) is 0 Å². The number of benzene rings is 1. The van der Waals surface area contributed by atoms with Crippen molar-refractivity contribution in [2.75, 3.05) is 6.61 Å². The third-order valence-corrected chi connectivity index (χ3v) is 4.81. The van der Waals surface area contributed by atoms with Crippen LogP contribution in [0.15, 0.2) is 24.3 Å². The van der Waals surface area contributed by atoms with E-state index in [1.807, 2.05) is 0 Å². The van der Waals surface area contributed by atoms with E-state index in [-0.39, 0.29) is 12.1 Å². The highest BCUT2D eigenvalue weighted by molar-refractivity contribution is 5.28. The summed E-state index contributed by atoms with van der Waals surface area (Å²) < 4.78 is 0.